The van der Waals surface area contributed by atoms with E-state index >= 15 is 0 Å². The van der Waals surface area contributed by atoms with E-state index in [0.717, 1.165) is 6.42 Å². The Balaban J connectivity index is 4.36. The monoisotopic (exact) mass is 212 g/mol. The Bertz CT molecular complexity index is 266. The first-order chi connectivity index (χ1) is 7.11. The molecule has 0 aliphatic rings. The van der Waals surface area contributed by atoms with E-state index in [1.807, 2.05) is 13.0 Å². The molecule has 0 amide bonds. The van der Waals surface area contributed by atoms with Crippen molar-refractivity contribution in [3.8, 4) is 0 Å². The normalized spacial score (nSPS) is 13.2. The number of carboxylic acid groups (broad SMARTS) is 1. The maximum absolute atomic E-state index is 11.2. The summed E-state index contributed by atoms with van der Waals surface area (Å²) in [4.78, 5) is 21.6. The van der Waals surface area contributed by atoms with Gasteiger partial charge < -0.3 is 9.84 Å². The fourth-order valence-electron chi connectivity index (χ4n) is 0.982. The summed E-state index contributed by atoms with van der Waals surface area (Å²) in [6.45, 7) is 1.99. The maximum atomic E-state index is 11.2. The topological polar surface area (TPSA) is 63.6 Å². The van der Waals surface area contributed by atoms with Crippen molar-refractivity contribution in [3.63, 3.8) is 0 Å². The minimum absolute atomic E-state index is 0.247. The van der Waals surface area contributed by atoms with Gasteiger partial charge in [0.25, 0.3) is 0 Å². The zero-order valence-corrected chi connectivity index (χ0v) is 8.97. The molecular formula is C11H16O4. The molecule has 0 aliphatic heterocycles. The van der Waals surface area contributed by atoms with E-state index in [4.69, 9.17) is 5.11 Å². The van der Waals surface area contributed by atoms with Gasteiger partial charge in [-0.05, 0) is 6.42 Å². The lowest BCUT2D eigenvalue weighted by atomic mass is 10.1. The van der Waals surface area contributed by atoms with Crippen LogP contribution >= 0.6 is 0 Å². The van der Waals surface area contributed by atoms with Crippen molar-refractivity contribution in [2.24, 2.45) is 5.92 Å². The summed E-state index contributed by atoms with van der Waals surface area (Å²) < 4.78 is 4.49. The van der Waals surface area contributed by atoms with E-state index < -0.39 is 17.9 Å². The highest BCUT2D eigenvalue weighted by atomic mass is 16.5. The molecule has 4 heteroatoms. The van der Waals surface area contributed by atoms with Gasteiger partial charge in [-0.3, -0.25) is 9.59 Å². The predicted molar refractivity (Wildman–Crippen MR) is 56.3 cm³/mol. The molecule has 84 valence electrons. The molecule has 0 aliphatic carbocycles. The molecule has 1 N–H and O–H groups in total. The van der Waals surface area contributed by atoms with Crippen LogP contribution in [-0.4, -0.2) is 24.2 Å². The van der Waals surface area contributed by atoms with E-state index in [1.54, 1.807) is 12.2 Å². The molecule has 0 bridgehead atoms. The summed E-state index contributed by atoms with van der Waals surface area (Å²) in [6, 6.07) is 0. The van der Waals surface area contributed by atoms with Crippen LogP contribution in [-0.2, 0) is 14.3 Å². The fourth-order valence-corrected chi connectivity index (χ4v) is 0.982. The van der Waals surface area contributed by atoms with Gasteiger partial charge in [0.1, 0.15) is 0 Å². The van der Waals surface area contributed by atoms with Crippen LogP contribution < -0.4 is 0 Å². The number of hydrogen-bond donors (Lipinski definition) is 1. The highest BCUT2D eigenvalue weighted by Gasteiger charge is 2.18. The van der Waals surface area contributed by atoms with Crippen molar-refractivity contribution in [1.29, 1.82) is 0 Å². The molecule has 0 aromatic heterocycles. The zero-order valence-electron chi connectivity index (χ0n) is 8.97. The molecule has 0 fully saturated rings. The molecule has 1 unspecified atom stereocenters. The van der Waals surface area contributed by atoms with Crippen LogP contribution in [0.1, 0.15) is 19.8 Å². The third-order valence-electron chi connectivity index (χ3n) is 1.72. The smallest absolute Gasteiger partial charge is 0.313 e. The Morgan fingerprint density at radius 1 is 1.40 bits per heavy atom. The van der Waals surface area contributed by atoms with E-state index in [0.29, 0.717) is 0 Å². The molecule has 0 radical (unpaired) electrons. The average molecular weight is 212 g/mol. The summed E-state index contributed by atoms with van der Waals surface area (Å²) in [5, 5.41) is 8.57. The number of esters is 1. The third kappa shape index (κ3) is 6.49. The molecule has 0 aromatic carbocycles. The van der Waals surface area contributed by atoms with Crippen molar-refractivity contribution >= 4 is 11.9 Å². The van der Waals surface area contributed by atoms with Gasteiger partial charge >= 0.3 is 11.9 Å². The predicted octanol–water partition coefficient (Wildman–Crippen LogP) is 1.77. The van der Waals surface area contributed by atoms with E-state index in [2.05, 4.69) is 4.74 Å². The second-order valence-electron chi connectivity index (χ2n) is 2.95. The molecule has 0 aromatic rings. The van der Waals surface area contributed by atoms with Crippen LogP contribution in [0.2, 0.25) is 0 Å². The number of methoxy groups -OCH3 is 1. The van der Waals surface area contributed by atoms with Crippen molar-refractivity contribution in [2.75, 3.05) is 7.11 Å². The van der Waals surface area contributed by atoms with Gasteiger partial charge in [0, 0.05) is 0 Å². The fraction of sp³-hybridized carbons (Fsp3) is 0.455. The third-order valence-corrected chi connectivity index (χ3v) is 1.72. The number of carbonyl (C=O) groups is 2. The molecule has 15 heavy (non-hydrogen) atoms. The Labute approximate surface area is 89.2 Å². The summed E-state index contributed by atoms with van der Waals surface area (Å²) >= 11 is 0. The molecule has 0 spiro atoms. The summed E-state index contributed by atoms with van der Waals surface area (Å²) in [7, 11) is 1.24. The number of carboxylic acids is 1. The van der Waals surface area contributed by atoms with Crippen molar-refractivity contribution in [1.82, 2.24) is 0 Å². The Hall–Kier alpha value is -1.58. The van der Waals surface area contributed by atoms with Crippen LogP contribution in [0.3, 0.4) is 0 Å². The quantitative estimate of drug-likeness (QED) is 0.538. The first-order valence-corrected chi connectivity index (χ1v) is 4.74. The summed E-state index contributed by atoms with van der Waals surface area (Å²) in [5.41, 5.74) is 0. The van der Waals surface area contributed by atoms with Gasteiger partial charge in [-0.2, -0.15) is 0 Å². The number of carbonyl (C=O) groups excluding carboxylic acids is 1. The van der Waals surface area contributed by atoms with Gasteiger partial charge in [0.15, 0.2) is 0 Å². The minimum atomic E-state index is -1.02. The van der Waals surface area contributed by atoms with Crippen LogP contribution in [0, 0.1) is 5.92 Å². The number of rotatable bonds is 6. The van der Waals surface area contributed by atoms with Crippen LogP contribution in [0.15, 0.2) is 24.3 Å². The number of ether oxygens (including phenoxy) is 1. The van der Waals surface area contributed by atoms with E-state index in [1.165, 1.54) is 13.2 Å². The maximum Gasteiger partial charge on any atom is 0.313 e. The van der Waals surface area contributed by atoms with Gasteiger partial charge in [-0.15, -0.1) is 0 Å². The van der Waals surface area contributed by atoms with Gasteiger partial charge in [-0.1, -0.05) is 31.2 Å². The molecule has 4 nitrogen and oxygen atoms in total. The second kappa shape index (κ2) is 7.79. The first kappa shape index (κ1) is 13.4. The van der Waals surface area contributed by atoms with Crippen molar-refractivity contribution < 1.29 is 19.4 Å². The van der Waals surface area contributed by atoms with Gasteiger partial charge in [0.2, 0.25) is 0 Å². The van der Waals surface area contributed by atoms with Crippen LogP contribution in [0.4, 0.5) is 0 Å². The lowest BCUT2D eigenvalue weighted by molar-refractivity contribution is -0.148. The summed E-state index contributed by atoms with van der Waals surface area (Å²) in [5.74, 6) is -2.26. The highest BCUT2D eigenvalue weighted by Crippen LogP contribution is 2.07. The number of aliphatic carboxylic acids is 1. The molecule has 1 atom stereocenters. The van der Waals surface area contributed by atoms with Gasteiger partial charge in [0.05, 0.1) is 19.4 Å². The van der Waals surface area contributed by atoms with Crippen LogP contribution in [0.25, 0.3) is 0 Å². The SMILES string of the molecule is CCC=CC=CC(CC(=O)O)C(=O)OC. The van der Waals surface area contributed by atoms with Crippen molar-refractivity contribution in [2.45, 2.75) is 19.8 Å². The van der Waals surface area contributed by atoms with Crippen LogP contribution in [0.5, 0.6) is 0 Å². The average Bonchev–Trinajstić information content (AvgIpc) is 2.21. The number of hydrogen-bond acceptors (Lipinski definition) is 3. The molecular weight excluding hydrogens is 196 g/mol. The largest absolute Gasteiger partial charge is 0.481 e. The van der Waals surface area contributed by atoms with Crippen molar-refractivity contribution in [3.05, 3.63) is 24.3 Å². The highest BCUT2D eigenvalue weighted by molar-refractivity contribution is 5.80. The Morgan fingerprint density at radius 2 is 2.07 bits per heavy atom. The Morgan fingerprint density at radius 3 is 2.53 bits per heavy atom. The lowest BCUT2D eigenvalue weighted by Gasteiger charge is -2.06. The Kier molecular flexibility index (Phi) is 6.97. The first-order valence-electron chi connectivity index (χ1n) is 4.74. The zero-order chi connectivity index (χ0) is 11.7. The van der Waals surface area contributed by atoms with Gasteiger partial charge in [-0.25, -0.2) is 0 Å². The number of allylic oxidation sites excluding steroid dienone is 3. The van der Waals surface area contributed by atoms with E-state index in [9.17, 15) is 9.59 Å². The minimum Gasteiger partial charge on any atom is -0.481 e. The molecule has 0 heterocycles. The standard InChI is InChI=1S/C11H16O4/c1-3-4-5-6-7-9(8-10(12)13)11(14)15-2/h4-7,9H,3,8H2,1-2H3,(H,12,13). The molecule has 0 rings (SSSR count). The second-order valence-corrected chi connectivity index (χ2v) is 2.95. The molecule has 0 saturated heterocycles. The molecule has 0 saturated carbocycles. The van der Waals surface area contributed by atoms with E-state index in [-0.39, 0.29) is 6.42 Å². The lowest BCUT2D eigenvalue weighted by Crippen LogP contribution is -2.17. The summed E-state index contributed by atoms with van der Waals surface area (Å²) in [6.07, 6.45) is 7.53.